The topological polar surface area (TPSA) is 49.4 Å². The van der Waals surface area contributed by atoms with Crippen LogP contribution in [0, 0.1) is 0 Å². The van der Waals surface area contributed by atoms with E-state index in [-0.39, 0.29) is 17.9 Å². The summed E-state index contributed by atoms with van der Waals surface area (Å²) in [6.07, 6.45) is 7.52. The van der Waals surface area contributed by atoms with Crippen LogP contribution in [0.1, 0.15) is 57.4 Å². The summed E-state index contributed by atoms with van der Waals surface area (Å²) in [5.74, 6) is 0.0941. The molecule has 0 radical (unpaired) electrons. The Morgan fingerprint density at radius 3 is 2.60 bits per heavy atom. The zero-order valence-electron chi connectivity index (χ0n) is 14.9. The zero-order chi connectivity index (χ0) is 17.9. The lowest BCUT2D eigenvalue weighted by Crippen LogP contribution is -2.57. The van der Waals surface area contributed by atoms with Gasteiger partial charge in [0, 0.05) is 24.0 Å². The fourth-order valence-electron chi connectivity index (χ4n) is 3.98. The van der Waals surface area contributed by atoms with Crippen molar-refractivity contribution in [3.8, 4) is 0 Å². The van der Waals surface area contributed by atoms with Gasteiger partial charge in [0.15, 0.2) is 0 Å². The van der Waals surface area contributed by atoms with Gasteiger partial charge in [0.2, 0.25) is 11.8 Å². The second kappa shape index (κ2) is 7.77. The standard InChI is InChI=1S/C20H27ClN2O2/c1-20(19(25)22-17-5-3-2-4-6-17)13-11-18(24)23(20)14-12-15-7-9-16(21)10-8-15/h7-10,17H,2-6,11-14H2,1H3,(H,22,25). The van der Waals surface area contributed by atoms with Crippen LogP contribution in [0.3, 0.4) is 0 Å². The molecule has 0 spiro atoms. The molecule has 4 nitrogen and oxygen atoms in total. The van der Waals surface area contributed by atoms with E-state index in [1.165, 1.54) is 19.3 Å². The average Bonchev–Trinajstić information content (AvgIpc) is 2.91. The normalized spacial score (nSPS) is 24.6. The average molecular weight is 363 g/mol. The number of halogens is 1. The summed E-state index contributed by atoms with van der Waals surface area (Å²) in [5.41, 5.74) is 0.403. The molecule has 1 aliphatic carbocycles. The molecule has 1 atom stereocenters. The fourth-order valence-corrected chi connectivity index (χ4v) is 4.11. The van der Waals surface area contributed by atoms with E-state index in [1.54, 1.807) is 4.90 Å². The van der Waals surface area contributed by atoms with Gasteiger partial charge >= 0.3 is 0 Å². The third kappa shape index (κ3) is 4.17. The van der Waals surface area contributed by atoms with Gasteiger partial charge in [-0.05, 0) is 50.3 Å². The molecular weight excluding hydrogens is 336 g/mol. The summed E-state index contributed by atoms with van der Waals surface area (Å²) in [6, 6.07) is 7.94. The molecule has 1 aliphatic heterocycles. The number of rotatable bonds is 5. The Bertz CT molecular complexity index is 625. The predicted molar refractivity (Wildman–Crippen MR) is 99.5 cm³/mol. The number of benzene rings is 1. The van der Waals surface area contributed by atoms with E-state index in [1.807, 2.05) is 31.2 Å². The molecule has 2 fully saturated rings. The summed E-state index contributed by atoms with van der Waals surface area (Å²) >= 11 is 5.92. The van der Waals surface area contributed by atoms with E-state index < -0.39 is 5.54 Å². The molecular formula is C20H27ClN2O2. The van der Waals surface area contributed by atoms with Crippen molar-refractivity contribution in [1.29, 1.82) is 0 Å². The Hall–Kier alpha value is -1.55. The molecule has 1 heterocycles. The Morgan fingerprint density at radius 2 is 1.92 bits per heavy atom. The first-order chi connectivity index (χ1) is 12.0. The van der Waals surface area contributed by atoms with Crippen LogP contribution in [0.5, 0.6) is 0 Å². The SMILES string of the molecule is CC1(C(=O)NC2CCCCC2)CCC(=O)N1CCc1ccc(Cl)cc1. The first-order valence-corrected chi connectivity index (χ1v) is 9.73. The minimum Gasteiger partial charge on any atom is -0.351 e. The van der Waals surface area contributed by atoms with Gasteiger partial charge in [0.25, 0.3) is 0 Å². The molecule has 0 bridgehead atoms. The largest absolute Gasteiger partial charge is 0.351 e. The molecule has 1 saturated carbocycles. The Labute approximate surface area is 154 Å². The van der Waals surface area contributed by atoms with Crippen LogP contribution < -0.4 is 5.32 Å². The zero-order valence-corrected chi connectivity index (χ0v) is 15.6. The highest BCUT2D eigenvalue weighted by molar-refractivity contribution is 6.30. The van der Waals surface area contributed by atoms with E-state index in [0.717, 1.165) is 24.8 Å². The van der Waals surface area contributed by atoms with Crippen LogP contribution >= 0.6 is 11.6 Å². The third-order valence-corrected chi connectivity index (χ3v) is 5.94. The number of nitrogens with zero attached hydrogens (tertiary/aromatic N) is 1. The van der Waals surface area contributed by atoms with Crippen molar-refractivity contribution in [2.45, 2.75) is 69.9 Å². The highest BCUT2D eigenvalue weighted by atomic mass is 35.5. The lowest BCUT2D eigenvalue weighted by Gasteiger charge is -2.36. The quantitative estimate of drug-likeness (QED) is 0.867. The molecule has 1 aromatic rings. The van der Waals surface area contributed by atoms with Crippen LogP contribution in [0.4, 0.5) is 0 Å². The number of likely N-dealkylation sites (tertiary alicyclic amines) is 1. The number of carbonyl (C=O) groups is 2. The van der Waals surface area contributed by atoms with E-state index in [0.29, 0.717) is 24.4 Å². The van der Waals surface area contributed by atoms with Crippen molar-refractivity contribution in [3.63, 3.8) is 0 Å². The molecule has 3 rings (SSSR count). The lowest BCUT2D eigenvalue weighted by molar-refractivity contribution is -0.141. The van der Waals surface area contributed by atoms with E-state index >= 15 is 0 Å². The van der Waals surface area contributed by atoms with Gasteiger partial charge in [-0.3, -0.25) is 9.59 Å². The highest BCUT2D eigenvalue weighted by Gasteiger charge is 2.47. The summed E-state index contributed by atoms with van der Waals surface area (Å²) in [7, 11) is 0. The van der Waals surface area contributed by atoms with Gasteiger partial charge in [0.05, 0.1) is 0 Å². The first-order valence-electron chi connectivity index (χ1n) is 9.35. The van der Waals surface area contributed by atoms with Gasteiger partial charge < -0.3 is 10.2 Å². The summed E-state index contributed by atoms with van der Waals surface area (Å²) in [4.78, 5) is 27.1. The minimum atomic E-state index is -0.721. The van der Waals surface area contributed by atoms with E-state index in [2.05, 4.69) is 5.32 Å². The number of nitrogens with one attached hydrogen (secondary N) is 1. The van der Waals surface area contributed by atoms with Crippen LogP contribution in [0.15, 0.2) is 24.3 Å². The van der Waals surface area contributed by atoms with Crippen molar-refractivity contribution < 1.29 is 9.59 Å². The Kier molecular flexibility index (Phi) is 5.67. The van der Waals surface area contributed by atoms with Crippen LogP contribution in [0.2, 0.25) is 5.02 Å². The molecule has 1 aromatic carbocycles. The Balaban J connectivity index is 1.64. The maximum Gasteiger partial charge on any atom is 0.245 e. The lowest BCUT2D eigenvalue weighted by atomic mass is 9.92. The maximum atomic E-state index is 12.9. The molecule has 2 aliphatic rings. The smallest absolute Gasteiger partial charge is 0.245 e. The molecule has 1 unspecified atom stereocenters. The van der Waals surface area contributed by atoms with Crippen molar-refractivity contribution in [2.75, 3.05) is 6.54 Å². The maximum absolute atomic E-state index is 12.9. The summed E-state index contributed by atoms with van der Waals surface area (Å²) in [6.45, 7) is 2.48. The van der Waals surface area contributed by atoms with Crippen molar-refractivity contribution in [3.05, 3.63) is 34.9 Å². The predicted octanol–water partition coefficient (Wildman–Crippen LogP) is 3.71. The molecule has 136 valence electrons. The second-order valence-corrected chi connectivity index (χ2v) is 7.94. The van der Waals surface area contributed by atoms with Crippen molar-refractivity contribution in [2.24, 2.45) is 0 Å². The van der Waals surface area contributed by atoms with Gasteiger partial charge in [0.1, 0.15) is 5.54 Å². The van der Waals surface area contributed by atoms with Crippen LogP contribution in [-0.2, 0) is 16.0 Å². The number of hydrogen-bond acceptors (Lipinski definition) is 2. The third-order valence-electron chi connectivity index (χ3n) is 5.69. The minimum absolute atomic E-state index is 0.0151. The summed E-state index contributed by atoms with van der Waals surface area (Å²) < 4.78 is 0. The summed E-state index contributed by atoms with van der Waals surface area (Å²) in [5, 5.41) is 3.91. The monoisotopic (exact) mass is 362 g/mol. The molecule has 0 aromatic heterocycles. The van der Waals surface area contributed by atoms with Crippen molar-refractivity contribution in [1.82, 2.24) is 10.2 Å². The van der Waals surface area contributed by atoms with Gasteiger partial charge in [-0.1, -0.05) is 43.0 Å². The van der Waals surface area contributed by atoms with Crippen LogP contribution in [-0.4, -0.2) is 34.8 Å². The molecule has 1 N–H and O–H groups in total. The number of carbonyl (C=O) groups excluding carboxylic acids is 2. The highest BCUT2D eigenvalue weighted by Crippen LogP contribution is 2.31. The first kappa shape index (κ1) is 18.2. The van der Waals surface area contributed by atoms with Gasteiger partial charge in [-0.25, -0.2) is 0 Å². The van der Waals surface area contributed by atoms with Gasteiger partial charge in [-0.15, -0.1) is 0 Å². The van der Waals surface area contributed by atoms with E-state index in [4.69, 9.17) is 11.6 Å². The number of hydrogen-bond donors (Lipinski definition) is 1. The van der Waals surface area contributed by atoms with Crippen LogP contribution in [0.25, 0.3) is 0 Å². The molecule has 2 amide bonds. The second-order valence-electron chi connectivity index (χ2n) is 7.50. The molecule has 1 saturated heterocycles. The van der Waals surface area contributed by atoms with Gasteiger partial charge in [-0.2, -0.15) is 0 Å². The van der Waals surface area contributed by atoms with E-state index in [9.17, 15) is 9.59 Å². The van der Waals surface area contributed by atoms with Crippen molar-refractivity contribution >= 4 is 23.4 Å². The molecule has 25 heavy (non-hydrogen) atoms. The number of amides is 2. The fraction of sp³-hybridized carbons (Fsp3) is 0.600. The Morgan fingerprint density at radius 1 is 1.24 bits per heavy atom. The molecule has 5 heteroatoms.